The standard InChI is InChI=1S/C6H11ClN2Si/c1-10(2,3)9-5-6(7)4-8-9/h4-5H,1-3H3. The van der Waals surface area contributed by atoms with Gasteiger partial charge in [0.15, 0.2) is 8.24 Å². The van der Waals surface area contributed by atoms with Crippen LogP contribution in [0.1, 0.15) is 0 Å². The molecule has 1 heterocycles. The van der Waals surface area contributed by atoms with Gasteiger partial charge in [-0.25, -0.2) is 0 Å². The molecule has 0 aliphatic rings. The summed E-state index contributed by atoms with van der Waals surface area (Å²) in [6, 6.07) is 0. The van der Waals surface area contributed by atoms with Crippen molar-refractivity contribution >= 4 is 19.8 Å². The Hall–Kier alpha value is -0.283. The van der Waals surface area contributed by atoms with E-state index in [9.17, 15) is 0 Å². The molecule has 0 aliphatic heterocycles. The van der Waals surface area contributed by atoms with E-state index in [0.29, 0.717) is 0 Å². The first-order valence-electron chi connectivity index (χ1n) is 3.21. The fourth-order valence-electron chi connectivity index (χ4n) is 0.668. The van der Waals surface area contributed by atoms with Crippen LogP contribution in [-0.4, -0.2) is 17.7 Å². The van der Waals surface area contributed by atoms with Gasteiger partial charge in [-0.2, -0.15) is 5.10 Å². The zero-order chi connectivity index (χ0) is 7.78. The van der Waals surface area contributed by atoms with Crippen molar-refractivity contribution in [3.05, 3.63) is 17.4 Å². The highest BCUT2D eigenvalue weighted by Crippen LogP contribution is 2.10. The van der Waals surface area contributed by atoms with Crippen molar-refractivity contribution in [3.8, 4) is 0 Å². The molecule has 1 rings (SSSR count). The first-order valence-corrected chi connectivity index (χ1v) is 7.03. The molecule has 0 saturated heterocycles. The highest BCUT2D eigenvalue weighted by atomic mass is 35.5. The average Bonchev–Trinajstić information content (AvgIpc) is 2.11. The van der Waals surface area contributed by atoms with Crippen molar-refractivity contribution in [1.29, 1.82) is 0 Å². The van der Waals surface area contributed by atoms with E-state index in [1.807, 2.05) is 10.5 Å². The Labute approximate surface area is 66.9 Å². The van der Waals surface area contributed by atoms with E-state index in [4.69, 9.17) is 11.6 Å². The molecule has 0 fully saturated rings. The smallest absolute Gasteiger partial charge is 0.176 e. The van der Waals surface area contributed by atoms with Crippen molar-refractivity contribution in [3.63, 3.8) is 0 Å². The lowest BCUT2D eigenvalue weighted by molar-refractivity contribution is 0.934. The number of hydrogen-bond acceptors (Lipinski definition) is 1. The second-order valence-corrected chi connectivity index (χ2v) is 8.51. The molecule has 1 aromatic rings. The van der Waals surface area contributed by atoms with Gasteiger partial charge in [0.25, 0.3) is 0 Å². The van der Waals surface area contributed by atoms with Gasteiger partial charge in [-0.1, -0.05) is 11.6 Å². The highest BCUT2D eigenvalue weighted by Gasteiger charge is 2.16. The molecular formula is C6H11ClN2Si. The molecule has 0 amide bonds. The van der Waals surface area contributed by atoms with Gasteiger partial charge in [-0.3, -0.25) is 0 Å². The maximum absolute atomic E-state index is 5.71. The Kier molecular flexibility index (Phi) is 1.87. The summed E-state index contributed by atoms with van der Waals surface area (Å²) in [5, 5.41) is 4.86. The highest BCUT2D eigenvalue weighted by molar-refractivity contribution is 6.74. The third-order valence-electron chi connectivity index (χ3n) is 1.24. The van der Waals surface area contributed by atoms with Crippen LogP contribution in [-0.2, 0) is 0 Å². The molecule has 0 aliphatic carbocycles. The van der Waals surface area contributed by atoms with Crippen molar-refractivity contribution in [2.45, 2.75) is 19.6 Å². The van der Waals surface area contributed by atoms with Crippen LogP contribution in [0.4, 0.5) is 0 Å². The Bertz CT molecular complexity index is 226. The normalized spacial score (nSPS) is 12.0. The summed E-state index contributed by atoms with van der Waals surface area (Å²) in [6.45, 7) is 6.66. The maximum atomic E-state index is 5.71. The molecule has 0 unspecified atom stereocenters. The van der Waals surface area contributed by atoms with Crippen LogP contribution in [0, 0.1) is 0 Å². The van der Waals surface area contributed by atoms with Crippen LogP contribution in [0.3, 0.4) is 0 Å². The quantitative estimate of drug-likeness (QED) is 0.598. The first-order chi connectivity index (χ1) is 4.50. The molecule has 0 spiro atoms. The predicted molar refractivity (Wildman–Crippen MR) is 46.0 cm³/mol. The summed E-state index contributed by atoms with van der Waals surface area (Å²) in [6.07, 6.45) is 3.56. The third-order valence-corrected chi connectivity index (χ3v) is 3.05. The Balaban J connectivity index is 2.96. The predicted octanol–water partition coefficient (Wildman–Crippen LogP) is 2.22. The number of halogens is 1. The van der Waals surface area contributed by atoms with Crippen molar-refractivity contribution in [1.82, 2.24) is 9.45 Å². The van der Waals surface area contributed by atoms with Gasteiger partial charge in [0.1, 0.15) is 0 Å². The zero-order valence-corrected chi connectivity index (χ0v) is 8.18. The Morgan fingerprint density at radius 1 is 1.50 bits per heavy atom. The molecule has 10 heavy (non-hydrogen) atoms. The van der Waals surface area contributed by atoms with Crippen molar-refractivity contribution < 1.29 is 0 Å². The fraction of sp³-hybridized carbons (Fsp3) is 0.500. The number of aromatic nitrogens is 2. The lowest BCUT2D eigenvalue weighted by Gasteiger charge is -2.15. The number of nitrogens with zero attached hydrogens (tertiary/aromatic N) is 2. The summed E-state index contributed by atoms with van der Waals surface area (Å²) in [5.41, 5.74) is 0. The molecule has 0 N–H and O–H groups in total. The molecule has 4 heteroatoms. The van der Waals surface area contributed by atoms with Gasteiger partial charge in [-0.15, -0.1) is 0 Å². The van der Waals surface area contributed by atoms with E-state index >= 15 is 0 Å². The zero-order valence-electron chi connectivity index (χ0n) is 6.43. The molecule has 0 radical (unpaired) electrons. The summed E-state index contributed by atoms with van der Waals surface area (Å²) < 4.78 is 1.98. The summed E-state index contributed by atoms with van der Waals surface area (Å²) in [7, 11) is -1.29. The first kappa shape index (κ1) is 7.82. The van der Waals surface area contributed by atoms with Crippen LogP contribution in [0.5, 0.6) is 0 Å². The minimum atomic E-state index is -1.29. The molecule has 0 bridgehead atoms. The molecule has 0 saturated carbocycles. The van der Waals surface area contributed by atoms with Crippen LogP contribution in [0.25, 0.3) is 0 Å². The van der Waals surface area contributed by atoms with Crippen molar-refractivity contribution in [2.24, 2.45) is 0 Å². The Morgan fingerprint density at radius 2 is 2.10 bits per heavy atom. The number of rotatable bonds is 1. The van der Waals surface area contributed by atoms with E-state index in [0.717, 1.165) is 5.02 Å². The monoisotopic (exact) mass is 174 g/mol. The lowest BCUT2D eigenvalue weighted by Crippen LogP contribution is -2.32. The molecule has 56 valence electrons. The van der Waals surface area contributed by atoms with Gasteiger partial charge in [0.05, 0.1) is 11.2 Å². The minimum Gasteiger partial charge on any atom is -0.300 e. The molecule has 0 aromatic carbocycles. The van der Waals surface area contributed by atoms with Gasteiger partial charge >= 0.3 is 0 Å². The molecule has 2 nitrogen and oxygen atoms in total. The molecule has 0 atom stereocenters. The van der Waals surface area contributed by atoms with E-state index in [-0.39, 0.29) is 0 Å². The maximum Gasteiger partial charge on any atom is 0.176 e. The van der Waals surface area contributed by atoms with Crippen LogP contribution < -0.4 is 0 Å². The van der Waals surface area contributed by atoms with Gasteiger partial charge in [0, 0.05) is 6.20 Å². The van der Waals surface area contributed by atoms with Crippen LogP contribution in [0.15, 0.2) is 12.4 Å². The van der Waals surface area contributed by atoms with E-state index in [1.54, 1.807) is 6.20 Å². The third kappa shape index (κ3) is 1.61. The Morgan fingerprint density at radius 3 is 2.30 bits per heavy atom. The largest absolute Gasteiger partial charge is 0.300 e. The van der Waals surface area contributed by atoms with E-state index in [2.05, 4.69) is 24.7 Å². The molecule has 1 aromatic heterocycles. The fourth-order valence-corrected chi connectivity index (χ4v) is 1.82. The second kappa shape index (κ2) is 2.40. The van der Waals surface area contributed by atoms with E-state index < -0.39 is 8.24 Å². The van der Waals surface area contributed by atoms with Crippen LogP contribution in [0.2, 0.25) is 24.7 Å². The summed E-state index contributed by atoms with van der Waals surface area (Å²) >= 11 is 5.71. The topological polar surface area (TPSA) is 17.8 Å². The molecular weight excluding hydrogens is 164 g/mol. The van der Waals surface area contributed by atoms with Gasteiger partial charge in [-0.05, 0) is 19.6 Å². The SMILES string of the molecule is C[Si](C)(C)n1cc(Cl)cn1. The van der Waals surface area contributed by atoms with Crippen LogP contribution >= 0.6 is 11.6 Å². The average molecular weight is 175 g/mol. The van der Waals surface area contributed by atoms with Gasteiger partial charge in [0.2, 0.25) is 0 Å². The van der Waals surface area contributed by atoms with E-state index in [1.165, 1.54) is 0 Å². The number of hydrogen-bond donors (Lipinski definition) is 0. The van der Waals surface area contributed by atoms with Gasteiger partial charge < -0.3 is 4.35 Å². The summed E-state index contributed by atoms with van der Waals surface area (Å²) in [5.74, 6) is 0. The second-order valence-electron chi connectivity index (χ2n) is 3.27. The minimum absolute atomic E-state index is 0.724. The van der Waals surface area contributed by atoms with Crippen molar-refractivity contribution in [2.75, 3.05) is 0 Å². The lowest BCUT2D eigenvalue weighted by atomic mass is 10.8. The summed E-state index contributed by atoms with van der Waals surface area (Å²) in [4.78, 5) is 0.